The van der Waals surface area contributed by atoms with Crippen molar-refractivity contribution in [1.29, 1.82) is 0 Å². The van der Waals surface area contributed by atoms with E-state index in [4.69, 9.17) is 18.6 Å². The summed E-state index contributed by atoms with van der Waals surface area (Å²) in [6, 6.07) is 14.3. The van der Waals surface area contributed by atoms with E-state index in [9.17, 15) is 4.79 Å². The van der Waals surface area contributed by atoms with Gasteiger partial charge in [0.1, 0.15) is 12.4 Å². The fraction of sp³-hybridized carbons (Fsp3) is 0.286. The quantitative estimate of drug-likeness (QED) is 0.604. The van der Waals surface area contributed by atoms with Crippen molar-refractivity contribution >= 4 is 11.9 Å². The number of aromatic nitrogens is 2. The van der Waals surface area contributed by atoms with E-state index in [2.05, 4.69) is 22.4 Å². The number of para-hydroxylation sites is 2. The zero-order chi connectivity index (χ0) is 20.1. The molecular weight excluding hydrogens is 374 g/mol. The first kappa shape index (κ1) is 18.8. The zero-order valence-corrected chi connectivity index (χ0v) is 16.0. The molecule has 8 nitrogen and oxygen atoms in total. The maximum Gasteiger partial charge on any atom is 0.322 e. The highest BCUT2D eigenvalue weighted by atomic mass is 16.6. The molecule has 0 bridgehead atoms. The molecular formula is C21H21N3O5. The molecule has 2 heterocycles. The lowest BCUT2D eigenvalue weighted by atomic mass is 10.2. The van der Waals surface area contributed by atoms with Crippen molar-refractivity contribution in [2.45, 2.75) is 25.9 Å². The summed E-state index contributed by atoms with van der Waals surface area (Å²) < 4.78 is 22.7. The molecule has 150 valence electrons. The topological polar surface area (TPSA) is 95.7 Å². The number of unbranched alkanes of at least 4 members (excludes halogenated alkanes) is 1. The second-order valence-electron chi connectivity index (χ2n) is 6.49. The summed E-state index contributed by atoms with van der Waals surface area (Å²) in [6.07, 6.45) is 1.46. The molecule has 1 aliphatic rings. The molecule has 4 rings (SSSR count). The lowest BCUT2D eigenvalue weighted by Crippen LogP contribution is -2.21. The van der Waals surface area contributed by atoms with Gasteiger partial charge in [-0.3, -0.25) is 10.1 Å². The van der Waals surface area contributed by atoms with Gasteiger partial charge in [-0.1, -0.05) is 36.6 Å². The van der Waals surface area contributed by atoms with Gasteiger partial charge in [0, 0.05) is 5.56 Å². The van der Waals surface area contributed by atoms with Crippen LogP contribution in [0.1, 0.15) is 42.1 Å². The van der Waals surface area contributed by atoms with Gasteiger partial charge in [0.25, 0.3) is 11.8 Å². The van der Waals surface area contributed by atoms with Gasteiger partial charge in [0.15, 0.2) is 11.5 Å². The van der Waals surface area contributed by atoms with Gasteiger partial charge in [-0.25, -0.2) is 0 Å². The fourth-order valence-electron chi connectivity index (χ4n) is 2.79. The van der Waals surface area contributed by atoms with Crippen LogP contribution in [0, 0.1) is 0 Å². The van der Waals surface area contributed by atoms with E-state index in [-0.39, 0.29) is 24.4 Å². The Morgan fingerprint density at radius 1 is 1.17 bits per heavy atom. The van der Waals surface area contributed by atoms with Crippen molar-refractivity contribution in [3.8, 4) is 17.2 Å². The van der Waals surface area contributed by atoms with Crippen molar-refractivity contribution in [2.75, 3.05) is 18.5 Å². The summed E-state index contributed by atoms with van der Waals surface area (Å²) >= 11 is 0. The van der Waals surface area contributed by atoms with Crippen LogP contribution in [0.4, 0.5) is 6.01 Å². The third-order valence-corrected chi connectivity index (χ3v) is 4.31. The molecule has 2 aromatic carbocycles. The van der Waals surface area contributed by atoms with Crippen molar-refractivity contribution in [2.24, 2.45) is 0 Å². The largest absolute Gasteiger partial charge is 0.494 e. The summed E-state index contributed by atoms with van der Waals surface area (Å²) in [6.45, 7) is 2.94. The number of carbonyl (C=O) groups is 1. The van der Waals surface area contributed by atoms with Crippen LogP contribution in [0.2, 0.25) is 0 Å². The average molecular weight is 395 g/mol. The van der Waals surface area contributed by atoms with Gasteiger partial charge >= 0.3 is 6.01 Å². The second-order valence-corrected chi connectivity index (χ2v) is 6.49. The molecule has 8 heteroatoms. The minimum Gasteiger partial charge on any atom is -0.494 e. The Balaban J connectivity index is 1.39. The number of nitrogens with zero attached hydrogens (tertiary/aromatic N) is 2. The monoisotopic (exact) mass is 395 g/mol. The number of fused-ring (bicyclic) bond motifs is 1. The molecule has 1 N–H and O–H groups in total. The Labute approximate surface area is 167 Å². The Morgan fingerprint density at radius 2 is 2.03 bits per heavy atom. The highest BCUT2D eigenvalue weighted by Crippen LogP contribution is 2.35. The molecule has 1 unspecified atom stereocenters. The standard InChI is InChI=1S/C21H21N3O5/c1-2-3-11-26-15-8-6-7-14(12-15)19(25)22-21-24-23-20(29-21)18-13-27-16-9-4-5-10-17(16)28-18/h4-10,12,18H,2-3,11,13H2,1H3,(H,22,24,25). The maximum atomic E-state index is 12.5. The molecule has 0 saturated heterocycles. The van der Waals surface area contributed by atoms with Crippen LogP contribution in [-0.4, -0.2) is 29.3 Å². The summed E-state index contributed by atoms with van der Waals surface area (Å²) in [5.41, 5.74) is 0.435. The number of rotatable bonds is 7. The first-order chi connectivity index (χ1) is 14.2. The van der Waals surface area contributed by atoms with E-state index in [0.717, 1.165) is 12.8 Å². The Bertz CT molecular complexity index is 988. The molecule has 0 saturated carbocycles. The third kappa shape index (κ3) is 4.48. The first-order valence-corrected chi connectivity index (χ1v) is 9.49. The van der Waals surface area contributed by atoms with Crippen LogP contribution < -0.4 is 19.5 Å². The van der Waals surface area contributed by atoms with Gasteiger partial charge < -0.3 is 18.6 Å². The minimum atomic E-state index is -0.543. The van der Waals surface area contributed by atoms with Crippen LogP contribution in [-0.2, 0) is 0 Å². The van der Waals surface area contributed by atoms with E-state index < -0.39 is 6.10 Å². The number of hydrogen-bond acceptors (Lipinski definition) is 7. The van der Waals surface area contributed by atoms with E-state index >= 15 is 0 Å². The summed E-state index contributed by atoms with van der Waals surface area (Å²) in [7, 11) is 0. The van der Waals surface area contributed by atoms with Crippen LogP contribution in [0.15, 0.2) is 52.9 Å². The normalized spacial score (nSPS) is 15.0. The molecule has 3 aromatic rings. The van der Waals surface area contributed by atoms with Crippen molar-refractivity contribution in [1.82, 2.24) is 10.2 Å². The molecule has 0 radical (unpaired) electrons. The van der Waals surface area contributed by atoms with Gasteiger partial charge in [0.2, 0.25) is 6.10 Å². The number of nitrogens with one attached hydrogen (secondary N) is 1. The number of benzene rings is 2. The van der Waals surface area contributed by atoms with Crippen LogP contribution in [0.3, 0.4) is 0 Å². The average Bonchev–Trinajstić information content (AvgIpc) is 3.22. The van der Waals surface area contributed by atoms with Crippen molar-refractivity contribution in [3.05, 3.63) is 60.0 Å². The number of hydrogen-bond donors (Lipinski definition) is 1. The Hall–Kier alpha value is -3.55. The second kappa shape index (κ2) is 8.64. The Morgan fingerprint density at radius 3 is 2.90 bits per heavy atom. The molecule has 1 atom stereocenters. The zero-order valence-electron chi connectivity index (χ0n) is 16.0. The van der Waals surface area contributed by atoms with Crippen LogP contribution >= 0.6 is 0 Å². The van der Waals surface area contributed by atoms with E-state index in [1.165, 1.54) is 0 Å². The number of anilines is 1. The van der Waals surface area contributed by atoms with Gasteiger partial charge in [-0.2, -0.15) is 0 Å². The highest BCUT2D eigenvalue weighted by Gasteiger charge is 2.27. The van der Waals surface area contributed by atoms with E-state index in [1.54, 1.807) is 24.3 Å². The molecule has 1 aliphatic heterocycles. The first-order valence-electron chi connectivity index (χ1n) is 9.49. The van der Waals surface area contributed by atoms with Crippen molar-refractivity contribution < 1.29 is 23.4 Å². The number of ether oxygens (including phenoxy) is 3. The van der Waals surface area contributed by atoms with Crippen molar-refractivity contribution in [3.63, 3.8) is 0 Å². The molecule has 1 amide bonds. The summed E-state index contributed by atoms with van der Waals surface area (Å²) in [5.74, 6) is 1.77. The summed E-state index contributed by atoms with van der Waals surface area (Å²) in [4.78, 5) is 12.5. The predicted octanol–water partition coefficient (Wildman–Crippen LogP) is 4.01. The van der Waals surface area contributed by atoms with E-state index in [1.807, 2.05) is 24.3 Å². The van der Waals surface area contributed by atoms with Gasteiger partial charge in [0.05, 0.1) is 6.61 Å². The molecule has 29 heavy (non-hydrogen) atoms. The minimum absolute atomic E-state index is 0.00948. The highest BCUT2D eigenvalue weighted by molar-refractivity contribution is 6.03. The Kier molecular flexibility index (Phi) is 5.60. The van der Waals surface area contributed by atoms with Crippen LogP contribution in [0.25, 0.3) is 0 Å². The SMILES string of the molecule is CCCCOc1cccc(C(=O)Nc2nnc(C3COc4ccccc4O3)o2)c1. The smallest absolute Gasteiger partial charge is 0.322 e. The predicted molar refractivity (Wildman–Crippen MR) is 104 cm³/mol. The van der Waals surface area contributed by atoms with Crippen LogP contribution in [0.5, 0.6) is 17.2 Å². The van der Waals surface area contributed by atoms with Gasteiger partial charge in [-0.15, -0.1) is 5.10 Å². The van der Waals surface area contributed by atoms with E-state index in [0.29, 0.717) is 29.4 Å². The molecule has 0 aliphatic carbocycles. The lowest BCUT2D eigenvalue weighted by molar-refractivity contribution is 0.0716. The molecule has 0 spiro atoms. The van der Waals surface area contributed by atoms with Gasteiger partial charge in [-0.05, 0) is 36.8 Å². The third-order valence-electron chi connectivity index (χ3n) is 4.31. The molecule has 1 aromatic heterocycles. The molecule has 0 fully saturated rings. The summed E-state index contributed by atoms with van der Waals surface area (Å²) in [5, 5.41) is 10.4. The fourth-order valence-corrected chi connectivity index (χ4v) is 2.79. The number of carbonyl (C=O) groups excluding carboxylic acids is 1. The number of amides is 1. The maximum absolute atomic E-state index is 12.5. The lowest BCUT2D eigenvalue weighted by Gasteiger charge is -2.23.